The predicted octanol–water partition coefficient (Wildman–Crippen LogP) is 3.51. The van der Waals surface area contributed by atoms with Crippen LogP contribution in [0.4, 0.5) is 0 Å². The largest absolute Gasteiger partial charge is 0.507 e. The molecule has 33 heavy (non-hydrogen) atoms. The van der Waals surface area contributed by atoms with Crippen LogP contribution in [0.2, 0.25) is 0 Å². The van der Waals surface area contributed by atoms with E-state index in [1.807, 2.05) is 12.1 Å². The first kappa shape index (κ1) is 21.8. The van der Waals surface area contributed by atoms with Crippen molar-refractivity contribution in [2.45, 2.75) is 25.2 Å². The minimum absolute atomic E-state index is 0.0535. The summed E-state index contributed by atoms with van der Waals surface area (Å²) in [7, 11) is 1.49. The summed E-state index contributed by atoms with van der Waals surface area (Å²) < 4.78 is 0.181. The Balaban J connectivity index is 1.74. The number of phenols is 1. The van der Waals surface area contributed by atoms with Crippen LogP contribution in [-0.2, 0) is 25.6 Å². The van der Waals surface area contributed by atoms with E-state index in [9.17, 15) is 24.3 Å². The number of carbonyl (C=O) groups excluding carboxylic acids is 4. The van der Waals surface area contributed by atoms with Gasteiger partial charge in [-0.2, -0.15) is 0 Å². The van der Waals surface area contributed by atoms with Crippen LogP contribution >= 0.6 is 15.9 Å². The number of halogens is 1. The van der Waals surface area contributed by atoms with Crippen molar-refractivity contribution in [1.29, 1.82) is 0 Å². The molecule has 1 saturated heterocycles. The average Bonchev–Trinajstić information content (AvgIpc) is 3.02. The monoisotopic (exact) mass is 507 g/mol. The number of benzene rings is 1. The summed E-state index contributed by atoms with van der Waals surface area (Å²) >= 11 is 3.21. The summed E-state index contributed by atoms with van der Waals surface area (Å²) in [5.74, 6) is -3.09. The van der Waals surface area contributed by atoms with Gasteiger partial charge in [0.1, 0.15) is 5.75 Å². The van der Waals surface area contributed by atoms with Crippen molar-refractivity contribution in [3.63, 3.8) is 0 Å². The molecule has 5 rings (SSSR count). The van der Waals surface area contributed by atoms with E-state index >= 15 is 0 Å². The smallest absolute Gasteiger partial charge is 0.233 e. The molecule has 1 fully saturated rings. The summed E-state index contributed by atoms with van der Waals surface area (Å²) in [4.78, 5) is 53.2. The van der Waals surface area contributed by atoms with E-state index in [0.717, 1.165) is 5.57 Å². The van der Waals surface area contributed by atoms with E-state index in [1.165, 1.54) is 18.0 Å². The number of carbonyl (C=O) groups is 4. The van der Waals surface area contributed by atoms with Gasteiger partial charge in [-0.15, -0.1) is 6.58 Å². The molecule has 4 unspecified atom stereocenters. The summed E-state index contributed by atoms with van der Waals surface area (Å²) in [6.45, 7) is 3.74. The van der Waals surface area contributed by atoms with Crippen molar-refractivity contribution in [2.75, 3.05) is 7.05 Å². The summed E-state index contributed by atoms with van der Waals surface area (Å²) in [6.07, 6.45) is 5.96. The molecule has 0 spiro atoms. The van der Waals surface area contributed by atoms with E-state index in [-0.39, 0.29) is 40.0 Å². The van der Waals surface area contributed by atoms with E-state index < -0.39 is 23.7 Å². The zero-order chi connectivity index (χ0) is 23.6. The number of phenolic OH excluding ortho intramolecular Hbond substituents is 1. The molecular formula is C26H22BrNO5. The lowest BCUT2D eigenvalue weighted by atomic mass is 9.59. The molecule has 4 aliphatic rings. The van der Waals surface area contributed by atoms with Crippen molar-refractivity contribution < 1.29 is 24.3 Å². The fraction of sp³-hybridized carbons (Fsp3) is 0.308. The summed E-state index contributed by atoms with van der Waals surface area (Å²) in [5.41, 5.74) is 2.71. The highest BCUT2D eigenvalue weighted by Gasteiger charge is 2.55. The molecule has 2 amide bonds. The number of aromatic hydroxyl groups is 1. The molecule has 0 saturated carbocycles. The van der Waals surface area contributed by atoms with Gasteiger partial charge < -0.3 is 5.11 Å². The lowest BCUT2D eigenvalue weighted by Crippen LogP contribution is -2.39. The number of nitrogens with zero attached hydrogens (tertiary/aromatic N) is 1. The number of hydrogen-bond acceptors (Lipinski definition) is 5. The molecule has 0 radical (unpaired) electrons. The van der Waals surface area contributed by atoms with Crippen LogP contribution < -0.4 is 0 Å². The van der Waals surface area contributed by atoms with Crippen LogP contribution in [0.1, 0.15) is 29.9 Å². The Morgan fingerprint density at radius 3 is 2.67 bits per heavy atom. The number of likely N-dealkylation sites (tertiary alicyclic amines) is 1. The first-order chi connectivity index (χ1) is 15.8. The molecule has 1 N–H and O–H groups in total. The molecule has 4 atom stereocenters. The zero-order valence-electron chi connectivity index (χ0n) is 18.0. The standard InChI is InChI=1S/C26H22BrNO5/c1-3-5-12-6-4-7-14(23(12)30)20-13-8-9-15-21(26(33)28(2)25(15)32)16(13)10-17-22(20)19(29)11-18(27)24(17)31/h3-4,6-8,11,15-16,20-21,30H,1,5,9-10H2,2H3. The lowest BCUT2D eigenvalue weighted by molar-refractivity contribution is -0.138. The van der Waals surface area contributed by atoms with Gasteiger partial charge in [0.15, 0.2) is 11.6 Å². The van der Waals surface area contributed by atoms with Gasteiger partial charge in [0, 0.05) is 35.8 Å². The number of fused-ring (bicyclic) bond motifs is 3. The van der Waals surface area contributed by atoms with E-state index in [4.69, 9.17) is 0 Å². The van der Waals surface area contributed by atoms with E-state index in [0.29, 0.717) is 35.1 Å². The zero-order valence-corrected chi connectivity index (χ0v) is 19.6. The number of ketones is 2. The minimum atomic E-state index is -0.661. The second-order valence-electron chi connectivity index (χ2n) is 8.98. The molecule has 1 aliphatic heterocycles. The Morgan fingerprint density at radius 1 is 1.18 bits per heavy atom. The van der Waals surface area contributed by atoms with Crippen LogP contribution in [0.3, 0.4) is 0 Å². The molecule has 3 aliphatic carbocycles. The second kappa shape index (κ2) is 7.76. The molecule has 1 aromatic carbocycles. The van der Waals surface area contributed by atoms with E-state index in [2.05, 4.69) is 22.5 Å². The van der Waals surface area contributed by atoms with Crippen molar-refractivity contribution in [2.24, 2.45) is 17.8 Å². The second-order valence-corrected chi connectivity index (χ2v) is 9.83. The number of Topliss-reactive ketones (excluding diaryl/α,β-unsaturated/α-hetero) is 1. The van der Waals surface area contributed by atoms with Crippen LogP contribution in [-0.4, -0.2) is 40.4 Å². The average molecular weight is 508 g/mol. The Bertz CT molecular complexity index is 1250. The van der Waals surface area contributed by atoms with Crippen molar-refractivity contribution >= 4 is 39.3 Å². The van der Waals surface area contributed by atoms with Gasteiger partial charge >= 0.3 is 0 Å². The topological polar surface area (TPSA) is 91.8 Å². The van der Waals surface area contributed by atoms with Gasteiger partial charge in [0.05, 0.1) is 16.3 Å². The van der Waals surface area contributed by atoms with Crippen LogP contribution in [0.5, 0.6) is 5.75 Å². The predicted molar refractivity (Wildman–Crippen MR) is 124 cm³/mol. The normalized spacial score (nSPS) is 28.8. The highest BCUT2D eigenvalue weighted by molar-refractivity contribution is 9.12. The Morgan fingerprint density at radius 2 is 1.94 bits per heavy atom. The SMILES string of the molecule is C=CCc1cccc(C2C3=CCC4C(=O)N(C)C(=O)C4C3CC3=C2C(=O)C=C(Br)C3=O)c1O. The highest BCUT2D eigenvalue weighted by atomic mass is 79.9. The molecule has 0 aromatic heterocycles. The van der Waals surface area contributed by atoms with Crippen molar-refractivity contribution in [1.82, 2.24) is 4.90 Å². The quantitative estimate of drug-likeness (QED) is 0.384. The molecule has 0 bridgehead atoms. The van der Waals surface area contributed by atoms with Gasteiger partial charge in [0.2, 0.25) is 11.8 Å². The van der Waals surface area contributed by atoms with Gasteiger partial charge in [-0.1, -0.05) is 35.9 Å². The molecule has 168 valence electrons. The highest BCUT2D eigenvalue weighted by Crippen LogP contribution is 2.56. The summed E-state index contributed by atoms with van der Waals surface area (Å²) in [5, 5.41) is 11.1. The Hall–Kier alpha value is -3.06. The fourth-order valence-corrected chi connectivity index (χ4v) is 6.33. The molecule has 6 nitrogen and oxygen atoms in total. The number of para-hydroxylation sites is 1. The number of allylic oxidation sites excluding steroid dienone is 7. The summed E-state index contributed by atoms with van der Waals surface area (Å²) in [6, 6.07) is 5.36. The Kier molecular flexibility index (Phi) is 5.12. The number of imide groups is 1. The molecular weight excluding hydrogens is 486 g/mol. The van der Waals surface area contributed by atoms with Gasteiger partial charge in [-0.25, -0.2) is 0 Å². The van der Waals surface area contributed by atoms with Crippen molar-refractivity contribution in [3.05, 3.63) is 75.3 Å². The number of rotatable bonds is 3. The third-order valence-corrected chi connectivity index (χ3v) is 7.97. The third-order valence-electron chi connectivity index (χ3n) is 7.38. The maximum atomic E-state index is 13.2. The number of hydrogen-bond donors (Lipinski definition) is 1. The number of amides is 2. The molecule has 1 heterocycles. The fourth-order valence-electron chi connectivity index (χ4n) is 5.88. The van der Waals surface area contributed by atoms with Gasteiger partial charge in [0.25, 0.3) is 0 Å². The van der Waals surface area contributed by atoms with Crippen molar-refractivity contribution in [3.8, 4) is 5.75 Å². The maximum absolute atomic E-state index is 13.2. The third kappa shape index (κ3) is 3.05. The molecule has 7 heteroatoms. The maximum Gasteiger partial charge on any atom is 0.233 e. The van der Waals surface area contributed by atoms with Gasteiger partial charge in [-0.3, -0.25) is 24.1 Å². The van der Waals surface area contributed by atoms with Crippen LogP contribution in [0.25, 0.3) is 0 Å². The molecule has 1 aromatic rings. The Labute approximate surface area is 199 Å². The first-order valence-electron chi connectivity index (χ1n) is 10.9. The van der Waals surface area contributed by atoms with Gasteiger partial charge in [-0.05, 0) is 46.7 Å². The minimum Gasteiger partial charge on any atom is -0.507 e. The van der Waals surface area contributed by atoms with Crippen LogP contribution in [0.15, 0.2) is 64.2 Å². The first-order valence-corrected chi connectivity index (χ1v) is 11.7. The lowest BCUT2D eigenvalue weighted by Gasteiger charge is -2.42. The van der Waals surface area contributed by atoms with Crippen LogP contribution in [0, 0.1) is 17.8 Å². The van der Waals surface area contributed by atoms with E-state index in [1.54, 1.807) is 18.2 Å².